The topological polar surface area (TPSA) is 65.7 Å². The van der Waals surface area contributed by atoms with Crippen LogP contribution in [-0.2, 0) is 11.2 Å². The van der Waals surface area contributed by atoms with Gasteiger partial charge in [-0.15, -0.1) is 0 Å². The predicted octanol–water partition coefficient (Wildman–Crippen LogP) is 5.73. The third-order valence-electron chi connectivity index (χ3n) is 7.10. The molecule has 1 heterocycles. The van der Waals surface area contributed by atoms with Gasteiger partial charge >= 0.3 is 5.97 Å². The minimum Gasteiger partial charge on any atom is -0.462 e. The molecule has 0 aromatic heterocycles. The lowest BCUT2D eigenvalue weighted by Gasteiger charge is -2.34. The van der Waals surface area contributed by atoms with Gasteiger partial charge in [-0.2, -0.15) is 10.4 Å². The molecule has 0 spiro atoms. The Labute approximate surface area is 193 Å². The zero-order valence-corrected chi connectivity index (χ0v) is 18.9. The smallest absolute Gasteiger partial charge is 0.338 e. The minimum absolute atomic E-state index is 0.275. The lowest BCUT2D eigenvalue weighted by Crippen LogP contribution is -2.40. The number of fused-ring (bicyclic) bond motifs is 3. The molecule has 164 valence electrons. The average molecular weight is 448 g/mol. The minimum atomic E-state index is -0.275. The summed E-state index contributed by atoms with van der Waals surface area (Å²) in [4.78, 5) is 12.2. The molecular weight excluding hydrogens is 422 g/mol. The van der Waals surface area contributed by atoms with E-state index >= 15 is 0 Å². The summed E-state index contributed by atoms with van der Waals surface area (Å²) in [6.45, 7) is 2.19. The van der Waals surface area contributed by atoms with E-state index in [2.05, 4.69) is 11.1 Å². The van der Waals surface area contributed by atoms with E-state index in [0.717, 1.165) is 35.4 Å². The molecule has 2 aromatic carbocycles. The molecule has 5 nitrogen and oxygen atoms in total. The molecule has 1 saturated carbocycles. The van der Waals surface area contributed by atoms with Crippen LogP contribution in [0.15, 0.2) is 41.5 Å². The van der Waals surface area contributed by atoms with Gasteiger partial charge in [0.25, 0.3) is 0 Å². The van der Waals surface area contributed by atoms with E-state index in [1.807, 2.05) is 37.3 Å². The van der Waals surface area contributed by atoms with Crippen molar-refractivity contribution in [2.24, 2.45) is 16.9 Å². The number of aryl methyl sites for hydroxylation is 1. The van der Waals surface area contributed by atoms with Crippen LogP contribution < -0.4 is 5.01 Å². The molecule has 5 rings (SSSR count). The summed E-state index contributed by atoms with van der Waals surface area (Å²) in [5, 5.41) is 17.0. The van der Waals surface area contributed by atoms with E-state index in [0.29, 0.717) is 40.6 Å². The highest BCUT2D eigenvalue weighted by atomic mass is 35.5. The lowest BCUT2D eigenvalue weighted by atomic mass is 9.75. The molecule has 6 heteroatoms. The van der Waals surface area contributed by atoms with Crippen LogP contribution in [0.1, 0.15) is 66.1 Å². The molecule has 0 bridgehead atoms. The fourth-order valence-electron chi connectivity index (χ4n) is 5.65. The Morgan fingerprint density at radius 1 is 1.22 bits per heavy atom. The Morgan fingerprint density at radius 2 is 2.03 bits per heavy atom. The molecule has 3 aliphatic rings. The third kappa shape index (κ3) is 3.57. The van der Waals surface area contributed by atoms with Crippen LogP contribution in [-0.4, -0.2) is 24.3 Å². The summed E-state index contributed by atoms with van der Waals surface area (Å²) in [5.74, 6) is 0.674. The van der Waals surface area contributed by atoms with Crippen molar-refractivity contribution < 1.29 is 9.53 Å². The Balaban J connectivity index is 1.55. The molecule has 32 heavy (non-hydrogen) atoms. The van der Waals surface area contributed by atoms with Gasteiger partial charge < -0.3 is 4.74 Å². The number of hydrogen-bond acceptors (Lipinski definition) is 5. The normalized spacial score (nSPS) is 22.2. The van der Waals surface area contributed by atoms with E-state index < -0.39 is 0 Å². The number of esters is 1. The van der Waals surface area contributed by atoms with Gasteiger partial charge in [-0.1, -0.05) is 30.5 Å². The van der Waals surface area contributed by atoms with Gasteiger partial charge in [0.1, 0.15) is 6.07 Å². The van der Waals surface area contributed by atoms with Crippen molar-refractivity contribution >= 4 is 29.0 Å². The molecule has 0 unspecified atom stereocenters. The highest BCUT2D eigenvalue weighted by molar-refractivity contribution is 6.32. The predicted molar refractivity (Wildman–Crippen MR) is 125 cm³/mol. The van der Waals surface area contributed by atoms with Crippen molar-refractivity contribution in [2.75, 3.05) is 11.6 Å². The summed E-state index contributed by atoms with van der Waals surface area (Å²) >= 11 is 6.38. The van der Waals surface area contributed by atoms with E-state index in [-0.39, 0.29) is 5.97 Å². The molecular formula is C26H26ClN3O2. The van der Waals surface area contributed by atoms with Crippen molar-refractivity contribution in [1.82, 2.24) is 0 Å². The SMILES string of the molecule is CCOC(=O)c1ccc2c(c1)CC[C@H]1C2=NN(c2ccc(C#N)c(Cl)c2)[C@H]1C1CCCC1. The molecule has 0 N–H and O–H groups in total. The Bertz CT molecular complexity index is 1130. The number of rotatable bonds is 4. The number of nitrogens with zero attached hydrogens (tertiary/aromatic N) is 3. The second-order valence-corrected chi connectivity index (χ2v) is 9.29. The highest BCUT2D eigenvalue weighted by Crippen LogP contribution is 2.45. The molecule has 2 atom stereocenters. The van der Waals surface area contributed by atoms with Gasteiger partial charge in [0.05, 0.1) is 40.2 Å². The zero-order valence-electron chi connectivity index (χ0n) is 18.2. The van der Waals surface area contributed by atoms with Crippen molar-refractivity contribution in [1.29, 1.82) is 5.26 Å². The van der Waals surface area contributed by atoms with Gasteiger partial charge in [0.2, 0.25) is 0 Å². The number of ether oxygens (including phenoxy) is 1. The molecule has 0 saturated heterocycles. The molecule has 2 aliphatic carbocycles. The third-order valence-corrected chi connectivity index (χ3v) is 7.41. The number of hydrogen-bond donors (Lipinski definition) is 0. The Morgan fingerprint density at radius 3 is 2.75 bits per heavy atom. The van der Waals surface area contributed by atoms with E-state index in [1.165, 1.54) is 25.7 Å². The van der Waals surface area contributed by atoms with Gasteiger partial charge in [0.15, 0.2) is 0 Å². The summed E-state index contributed by atoms with van der Waals surface area (Å²) < 4.78 is 5.18. The summed E-state index contributed by atoms with van der Waals surface area (Å²) in [6, 6.07) is 13.9. The maximum Gasteiger partial charge on any atom is 0.338 e. The first-order chi connectivity index (χ1) is 15.6. The number of hydrazone groups is 1. The molecule has 0 amide bonds. The first kappa shape index (κ1) is 21.0. The largest absolute Gasteiger partial charge is 0.462 e. The quantitative estimate of drug-likeness (QED) is 0.561. The van der Waals surface area contributed by atoms with Crippen LogP contribution in [0.2, 0.25) is 5.02 Å². The van der Waals surface area contributed by atoms with E-state index in [9.17, 15) is 10.1 Å². The standard InChI is InChI=1S/C26H26ClN3O2/c1-2-32-26(31)18-9-11-21-17(13-18)8-12-22-24(21)29-30(25(22)16-5-3-4-6-16)20-10-7-19(15-28)23(27)14-20/h7,9-11,13-14,16,22,25H,2-6,8,12H2,1H3/t22-,25-/m0/s1. The zero-order chi connectivity index (χ0) is 22.2. The first-order valence-electron chi connectivity index (χ1n) is 11.5. The van der Waals surface area contributed by atoms with Crippen LogP contribution in [0.25, 0.3) is 0 Å². The second kappa shape index (κ2) is 8.60. The number of halogens is 1. The van der Waals surface area contributed by atoms with Crippen LogP contribution in [0.4, 0.5) is 5.69 Å². The average Bonchev–Trinajstić information content (AvgIpc) is 3.46. The molecule has 0 radical (unpaired) electrons. The van der Waals surface area contributed by atoms with Gasteiger partial charge in [0, 0.05) is 11.5 Å². The molecule has 1 fully saturated rings. The van der Waals surface area contributed by atoms with Gasteiger partial charge in [-0.3, -0.25) is 5.01 Å². The molecule has 2 aromatic rings. The number of benzene rings is 2. The van der Waals surface area contributed by atoms with Crippen LogP contribution >= 0.6 is 11.6 Å². The van der Waals surface area contributed by atoms with Gasteiger partial charge in [-0.25, -0.2) is 4.79 Å². The van der Waals surface area contributed by atoms with E-state index in [1.54, 1.807) is 6.07 Å². The van der Waals surface area contributed by atoms with Crippen LogP contribution in [0.3, 0.4) is 0 Å². The summed E-state index contributed by atoms with van der Waals surface area (Å²) in [5.41, 5.74) is 5.44. The number of nitriles is 1. The van der Waals surface area contributed by atoms with Crippen molar-refractivity contribution in [3.05, 3.63) is 63.7 Å². The number of carbonyl (C=O) groups is 1. The summed E-state index contributed by atoms with van der Waals surface area (Å²) in [6.07, 6.45) is 6.92. The maximum atomic E-state index is 12.2. The number of carbonyl (C=O) groups excluding carboxylic acids is 1. The van der Waals surface area contributed by atoms with Crippen molar-refractivity contribution in [3.63, 3.8) is 0 Å². The first-order valence-corrected chi connectivity index (χ1v) is 11.9. The lowest BCUT2D eigenvalue weighted by molar-refractivity contribution is 0.0526. The Kier molecular flexibility index (Phi) is 5.65. The Hall–Kier alpha value is -2.84. The fourth-order valence-corrected chi connectivity index (χ4v) is 5.86. The van der Waals surface area contributed by atoms with Crippen molar-refractivity contribution in [2.45, 2.75) is 51.5 Å². The highest BCUT2D eigenvalue weighted by Gasteiger charge is 2.45. The fraction of sp³-hybridized carbons (Fsp3) is 0.423. The number of anilines is 1. The van der Waals surface area contributed by atoms with Crippen molar-refractivity contribution in [3.8, 4) is 6.07 Å². The molecule has 1 aliphatic heterocycles. The van der Waals surface area contributed by atoms with Gasteiger partial charge in [-0.05, 0) is 74.4 Å². The van der Waals surface area contributed by atoms with Crippen LogP contribution in [0, 0.1) is 23.2 Å². The monoisotopic (exact) mass is 447 g/mol. The summed E-state index contributed by atoms with van der Waals surface area (Å²) in [7, 11) is 0. The van der Waals surface area contributed by atoms with E-state index in [4.69, 9.17) is 21.4 Å². The maximum absolute atomic E-state index is 12.2. The van der Waals surface area contributed by atoms with Crippen LogP contribution in [0.5, 0.6) is 0 Å². The second-order valence-electron chi connectivity index (χ2n) is 8.88.